The van der Waals surface area contributed by atoms with E-state index in [9.17, 15) is 0 Å². The molecule has 1 heterocycles. The number of hydrogen-bond donors (Lipinski definition) is 0. The Morgan fingerprint density at radius 2 is 2.06 bits per heavy atom. The van der Waals surface area contributed by atoms with Crippen molar-refractivity contribution in [3.8, 4) is 5.69 Å². The number of aromatic nitrogens is 4. The van der Waals surface area contributed by atoms with Crippen LogP contribution in [0.2, 0.25) is 0 Å². The number of rotatable bonds is 4. The van der Waals surface area contributed by atoms with Crippen molar-refractivity contribution in [2.45, 2.75) is 44.5 Å². The molecule has 2 aromatic rings. The van der Waals surface area contributed by atoms with Crippen LogP contribution in [-0.4, -0.2) is 25.5 Å². The number of tetrazole rings is 1. The summed E-state index contributed by atoms with van der Waals surface area (Å²) in [6.45, 7) is 8.56. The number of thioether (sulfide) groups is 1. The zero-order valence-electron chi connectivity index (χ0n) is 11.2. The Kier molecular flexibility index (Phi) is 4.01. The van der Waals surface area contributed by atoms with Crippen LogP contribution in [0.25, 0.3) is 5.69 Å². The van der Waals surface area contributed by atoms with Crippen molar-refractivity contribution in [1.29, 1.82) is 0 Å². The highest BCUT2D eigenvalue weighted by molar-refractivity contribution is 7.99. The SMILES string of the molecule is CCC(C)Sc1nnnn1-c1ccc(C)c(C)c1. The van der Waals surface area contributed by atoms with Crippen LogP contribution in [-0.2, 0) is 0 Å². The summed E-state index contributed by atoms with van der Waals surface area (Å²) in [5.41, 5.74) is 3.55. The molecule has 0 spiro atoms. The van der Waals surface area contributed by atoms with Gasteiger partial charge in [-0.3, -0.25) is 0 Å². The highest BCUT2D eigenvalue weighted by Crippen LogP contribution is 2.24. The van der Waals surface area contributed by atoms with E-state index in [1.54, 1.807) is 11.8 Å². The topological polar surface area (TPSA) is 43.6 Å². The van der Waals surface area contributed by atoms with E-state index in [1.165, 1.54) is 11.1 Å². The van der Waals surface area contributed by atoms with Gasteiger partial charge in [0, 0.05) is 5.25 Å². The van der Waals surface area contributed by atoms with E-state index in [0.29, 0.717) is 5.25 Å². The molecule has 0 N–H and O–H groups in total. The summed E-state index contributed by atoms with van der Waals surface area (Å²) in [6, 6.07) is 6.27. The summed E-state index contributed by atoms with van der Waals surface area (Å²) in [4.78, 5) is 0. The summed E-state index contributed by atoms with van der Waals surface area (Å²) in [6.07, 6.45) is 1.10. The van der Waals surface area contributed by atoms with Crippen molar-refractivity contribution in [3.63, 3.8) is 0 Å². The van der Waals surface area contributed by atoms with Gasteiger partial charge in [0.2, 0.25) is 5.16 Å². The maximum atomic E-state index is 4.10. The third-order valence-electron chi connectivity index (χ3n) is 3.06. The van der Waals surface area contributed by atoms with Crippen LogP contribution in [0, 0.1) is 13.8 Å². The third-order valence-corrected chi connectivity index (χ3v) is 4.26. The molecule has 0 saturated heterocycles. The molecule has 96 valence electrons. The van der Waals surface area contributed by atoms with Crippen LogP contribution in [0.4, 0.5) is 0 Å². The second kappa shape index (κ2) is 5.52. The minimum atomic E-state index is 0.515. The molecule has 4 nitrogen and oxygen atoms in total. The zero-order chi connectivity index (χ0) is 13.1. The molecule has 1 aromatic heterocycles. The molecule has 0 radical (unpaired) electrons. The average Bonchev–Trinajstić information content (AvgIpc) is 2.80. The van der Waals surface area contributed by atoms with E-state index in [2.05, 4.69) is 61.4 Å². The number of aryl methyl sites for hydroxylation is 2. The van der Waals surface area contributed by atoms with Crippen LogP contribution < -0.4 is 0 Å². The van der Waals surface area contributed by atoms with Crippen molar-refractivity contribution < 1.29 is 0 Å². The Hall–Kier alpha value is -1.36. The average molecular weight is 262 g/mol. The maximum Gasteiger partial charge on any atom is 0.214 e. The molecule has 1 unspecified atom stereocenters. The van der Waals surface area contributed by atoms with E-state index >= 15 is 0 Å². The molecule has 18 heavy (non-hydrogen) atoms. The van der Waals surface area contributed by atoms with Crippen LogP contribution >= 0.6 is 11.8 Å². The summed E-state index contributed by atoms with van der Waals surface area (Å²) in [5.74, 6) is 0. The number of hydrogen-bond acceptors (Lipinski definition) is 4. The van der Waals surface area contributed by atoms with E-state index < -0.39 is 0 Å². The summed E-state index contributed by atoms with van der Waals surface area (Å²) >= 11 is 1.71. The lowest BCUT2D eigenvalue weighted by molar-refractivity contribution is 0.752. The Labute approximate surface area is 112 Å². The normalized spacial score (nSPS) is 12.7. The number of nitrogens with zero attached hydrogens (tertiary/aromatic N) is 4. The van der Waals surface area contributed by atoms with Gasteiger partial charge in [-0.25, -0.2) is 0 Å². The molecule has 5 heteroatoms. The van der Waals surface area contributed by atoms with E-state index in [0.717, 1.165) is 17.3 Å². The predicted octanol–water partition coefficient (Wildman–Crippen LogP) is 3.17. The highest BCUT2D eigenvalue weighted by Gasteiger charge is 2.12. The molecule has 0 amide bonds. The minimum absolute atomic E-state index is 0.515. The first kappa shape index (κ1) is 13.1. The third kappa shape index (κ3) is 2.72. The van der Waals surface area contributed by atoms with Crippen LogP contribution in [0.3, 0.4) is 0 Å². The van der Waals surface area contributed by atoms with E-state index in [-0.39, 0.29) is 0 Å². The Balaban J connectivity index is 2.33. The molecule has 0 aliphatic heterocycles. The predicted molar refractivity (Wildman–Crippen MR) is 74.2 cm³/mol. The molecular weight excluding hydrogens is 244 g/mol. The second-order valence-electron chi connectivity index (χ2n) is 4.48. The van der Waals surface area contributed by atoms with Gasteiger partial charge in [0.25, 0.3) is 0 Å². The lowest BCUT2D eigenvalue weighted by atomic mass is 10.1. The lowest BCUT2D eigenvalue weighted by Crippen LogP contribution is -2.02. The fourth-order valence-electron chi connectivity index (χ4n) is 1.54. The molecule has 0 saturated carbocycles. The number of benzene rings is 1. The molecule has 1 atom stereocenters. The fraction of sp³-hybridized carbons (Fsp3) is 0.462. The molecule has 0 aliphatic rings. The van der Waals surface area contributed by atoms with Crippen molar-refractivity contribution >= 4 is 11.8 Å². The Morgan fingerprint density at radius 3 is 2.72 bits per heavy atom. The summed E-state index contributed by atoms with van der Waals surface area (Å²) in [7, 11) is 0. The summed E-state index contributed by atoms with van der Waals surface area (Å²) < 4.78 is 1.81. The Morgan fingerprint density at radius 1 is 1.28 bits per heavy atom. The molecule has 0 bridgehead atoms. The van der Waals surface area contributed by atoms with Gasteiger partial charge in [-0.15, -0.1) is 5.10 Å². The van der Waals surface area contributed by atoms with Crippen molar-refractivity contribution in [3.05, 3.63) is 29.3 Å². The van der Waals surface area contributed by atoms with Crippen molar-refractivity contribution in [2.24, 2.45) is 0 Å². The van der Waals surface area contributed by atoms with E-state index in [1.807, 2.05) is 4.68 Å². The van der Waals surface area contributed by atoms with Crippen LogP contribution in [0.15, 0.2) is 23.4 Å². The van der Waals surface area contributed by atoms with E-state index in [4.69, 9.17) is 0 Å². The first-order valence-electron chi connectivity index (χ1n) is 6.14. The zero-order valence-corrected chi connectivity index (χ0v) is 12.0. The largest absolute Gasteiger partial charge is 0.214 e. The fourth-order valence-corrected chi connectivity index (χ4v) is 2.39. The monoisotopic (exact) mass is 262 g/mol. The van der Waals surface area contributed by atoms with Gasteiger partial charge in [0.1, 0.15) is 0 Å². The molecular formula is C13H18N4S. The Bertz CT molecular complexity index is 536. The smallest absolute Gasteiger partial charge is 0.187 e. The highest BCUT2D eigenvalue weighted by atomic mass is 32.2. The standard InChI is InChI=1S/C13H18N4S/c1-5-11(4)18-13-14-15-16-17(13)12-7-6-9(2)10(3)8-12/h6-8,11H,5H2,1-4H3. The van der Waals surface area contributed by atoms with Crippen LogP contribution in [0.5, 0.6) is 0 Å². The first-order chi connectivity index (χ1) is 8.61. The molecule has 0 aliphatic carbocycles. The van der Waals surface area contributed by atoms with Gasteiger partial charge >= 0.3 is 0 Å². The molecule has 1 aromatic carbocycles. The molecule has 0 fully saturated rings. The van der Waals surface area contributed by atoms with Gasteiger partial charge in [0.15, 0.2) is 0 Å². The van der Waals surface area contributed by atoms with Gasteiger partial charge in [-0.2, -0.15) is 4.68 Å². The molecule has 2 rings (SSSR count). The van der Waals surface area contributed by atoms with Gasteiger partial charge < -0.3 is 0 Å². The lowest BCUT2D eigenvalue weighted by Gasteiger charge is -2.09. The van der Waals surface area contributed by atoms with Gasteiger partial charge in [0.05, 0.1) is 5.69 Å². The summed E-state index contributed by atoms with van der Waals surface area (Å²) in [5, 5.41) is 13.3. The quantitative estimate of drug-likeness (QED) is 0.794. The maximum absolute atomic E-state index is 4.10. The van der Waals surface area contributed by atoms with Crippen molar-refractivity contribution in [2.75, 3.05) is 0 Å². The van der Waals surface area contributed by atoms with Crippen molar-refractivity contribution in [1.82, 2.24) is 20.2 Å². The minimum Gasteiger partial charge on any atom is -0.187 e. The van der Waals surface area contributed by atoms with Gasteiger partial charge in [-0.05, 0) is 54.0 Å². The van der Waals surface area contributed by atoms with Gasteiger partial charge in [-0.1, -0.05) is 31.7 Å². The first-order valence-corrected chi connectivity index (χ1v) is 7.02. The van der Waals surface area contributed by atoms with Crippen LogP contribution in [0.1, 0.15) is 31.4 Å². The second-order valence-corrected chi connectivity index (χ2v) is 5.88.